The minimum atomic E-state index is 0.106. The summed E-state index contributed by atoms with van der Waals surface area (Å²) in [7, 11) is 2.11. The summed E-state index contributed by atoms with van der Waals surface area (Å²) in [6, 6.07) is 16.5. The molecule has 2 nitrogen and oxygen atoms in total. The van der Waals surface area contributed by atoms with Gasteiger partial charge >= 0.3 is 0 Å². The molecule has 19 heavy (non-hydrogen) atoms. The highest BCUT2D eigenvalue weighted by Gasteiger charge is 2.02. The second kappa shape index (κ2) is 6.85. The van der Waals surface area contributed by atoms with Gasteiger partial charge in [-0.15, -0.1) is 0 Å². The molecule has 3 heteroatoms. The van der Waals surface area contributed by atoms with Crippen molar-refractivity contribution >= 4 is 15.9 Å². The SMILES string of the molecule is CN(Cc1ccc(Br)cc1)Cc1ccc(CO)cc1. The van der Waals surface area contributed by atoms with Gasteiger partial charge in [-0.25, -0.2) is 0 Å². The van der Waals surface area contributed by atoms with Crippen LogP contribution >= 0.6 is 15.9 Å². The number of aliphatic hydroxyl groups is 1. The van der Waals surface area contributed by atoms with Gasteiger partial charge in [0.1, 0.15) is 0 Å². The van der Waals surface area contributed by atoms with Crippen molar-refractivity contribution in [2.75, 3.05) is 7.05 Å². The van der Waals surface area contributed by atoms with Crippen molar-refractivity contribution in [3.63, 3.8) is 0 Å². The molecule has 0 aromatic heterocycles. The van der Waals surface area contributed by atoms with Gasteiger partial charge in [0.15, 0.2) is 0 Å². The van der Waals surface area contributed by atoms with Crippen LogP contribution in [0.2, 0.25) is 0 Å². The predicted molar refractivity (Wildman–Crippen MR) is 81.7 cm³/mol. The number of hydrogen-bond acceptors (Lipinski definition) is 2. The monoisotopic (exact) mass is 319 g/mol. The Balaban J connectivity index is 1.92. The van der Waals surface area contributed by atoms with Crippen LogP contribution < -0.4 is 0 Å². The molecule has 2 aromatic rings. The number of benzene rings is 2. The summed E-state index contributed by atoms with van der Waals surface area (Å²) in [5.74, 6) is 0. The molecule has 0 aliphatic heterocycles. The highest BCUT2D eigenvalue weighted by atomic mass is 79.9. The van der Waals surface area contributed by atoms with Crippen LogP contribution in [0.4, 0.5) is 0 Å². The second-order valence-corrected chi connectivity index (χ2v) is 5.69. The van der Waals surface area contributed by atoms with Gasteiger partial charge < -0.3 is 5.11 Å². The van der Waals surface area contributed by atoms with Crippen molar-refractivity contribution < 1.29 is 5.11 Å². The van der Waals surface area contributed by atoms with Gasteiger partial charge in [0.2, 0.25) is 0 Å². The summed E-state index contributed by atoms with van der Waals surface area (Å²) in [6.45, 7) is 1.94. The first-order chi connectivity index (χ1) is 9.17. The van der Waals surface area contributed by atoms with E-state index in [2.05, 4.69) is 64.3 Å². The Bertz CT molecular complexity index is 507. The Labute approximate surface area is 122 Å². The number of aliphatic hydroxyl groups excluding tert-OH is 1. The Morgan fingerprint density at radius 1 is 0.842 bits per heavy atom. The Hall–Kier alpha value is -1.16. The summed E-state index contributed by atoms with van der Waals surface area (Å²) in [5, 5.41) is 9.01. The highest BCUT2D eigenvalue weighted by molar-refractivity contribution is 9.10. The van der Waals surface area contributed by atoms with Gasteiger partial charge in [0.25, 0.3) is 0 Å². The Kier molecular flexibility index (Phi) is 5.14. The summed E-state index contributed by atoms with van der Waals surface area (Å²) >= 11 is 3.44. The van der Waals surface area contributed by atoms with E-state index in [0.29, 0.717) is 0 Å². The molecule has 0 atom stereocenters. The quantitative estimate of drug-likeness (QED) is 0.910. The minimum Gasteiger partial charge on any atom is -0.392 e. The highest BCUT2D eigenvalue weighted by Crippen LogP contribution is 2.13. The summed E-state index contributed by atoms with van der Waals surface area (Å²) in [6.07, 6.45) is 0. The van der Waals surface area contributed by atoms with Gasteiger partial charge in [-0.3, -0.25) is 4.90 Å². The van der Waals surface area contributed by atoms with Crippen LogP contribution in [0.5, 0.6) is 0 Å². The zero-order valence-corrected chi connectivity index (χ0v) is 12.6. The molecule has 0 saturated carbocycles. The molecule has 2 rings (SSSR count). The van der Waals surface area contributed by atoms with Crippen LogP contribution in [-0.4, -0.2) is 17.1 Å². The van der Waals surface area contributed by atoms with Gasteiger partial charge in [0, 0.05) is 17.6 Å². The third-order valence-electron chi connectivity index (χ3n) is 3.02. The molecule has 0 heterocycles. The molecule has 100 valence electrons. The summed E-state index contributed by atoms with van der Waals surface area (Å²) in [5.41, 5.74) is 3.52. The first-order valence-electron chi connectivity index (χ1n) is 6.29. The summed E-state index contributed by atoms with van der Waals surface area (Å²) < 4.78 is 1.11. The first-order valence-corrected chi connectivity index (χ1v) is 7.08. The number of rotatable bonds is 5. The number of halogens is 1. The molecular formula is C16H18BrNO. The molecule has 0 amide bonds. The lowest BCUT2D eigenvalue weighted by Gasteiger charge is -2.17. The lowest BCUT2D eigenvalue weighted by molar-refractivity contribution is 0.281. The third kappa shape index (κ3) is 4.46. The van der Waals surface area contributed by atoms with Crippen molar-refractivity contribution in [3.8, 4) is 0 Å². The van der Waals surface area contributed by atoms with Gasteiger partial charge in [-0.2, -0.15) is 0 Å². The van der Waals surface area contributed by atoms with Gasteiger partial charge in [-0.1, -0.05) is 52.3 Å². The van der Waals surface area contributed by atoms with Crippen LogP contribution in [0, 0.1) is 0 Å². The maximum atomic E-state index is 9.01. The lowest BCUT2D eigenvalue weighted by Crippen LogP contribution is -2.17. The van der Waals surface area contributed by atoms with Crippen LogP contribution in [0.25, 0.3) is 0 Å². The fourth-order valence-corrected chi connectivity index (χ4v) is 2.28. The van der Waals surface area contributed by atoms with E-state index in [9.17, 15) is 0 Å². The van der Waals surface area contributed by atoms with Gasteiger partial charge in [-0.05, 0) is 35.9 Å². The van der Waals surface area contributed by atoms with E-state index in [1.807, 2.05) is 12.1 Å². The smallest absolute Gasteiger partial charge is 0.0681 e. The van der Waals surface area contributed by atoms with Crippen molar-refractivity contribution in [2.24, 2.45) is 0 Å². The summed E-state index contributed by atoms with van der Waals surface area (Å²) in [4.78, 5) is 2.27. The largest absolute Gasteiger partial charge is 0.392 e. The topological polar surface area (TPSA) is 23.5 Å². The first kappa shape index (κ1) is 14.3. The van der Waals surface area contributed by atoms with Crippen molar-refractivity contribution in [2.45, 2.75) is 19.7 Å². The molecule has 0 aliphatic carbocycles. The predicted octanol–water partition coefficient (Wildman–Crippen LogP) is 3.57. The van der Waals surface area contributed by atoms with Crippen LogP contribution in [-0.2, 0) is 19.7 Å². The minimum absolute atomic E-state index is 0.106. The maximum Gasteiger partial charge on any atom is 0.0681 e. The lowest BCUT2D eigenvalue weighted by atomic mass is 10.1. The maximum absolute atomic E-state index is 9.01. The zero-order chi connectivity index (χ0) is 13.7. The van der Waals surface area contributed by atoms with E-state index in [1.54, 1.807) is 0 Å². The molecule has 0 spiro atoms. The number of hydrogen-bond donors (Lipinski definition) is 1. The molecule has 0 unspecified atom stereocenters. The molecule has 0 radical (unpaired) electrons. The molecule has 0 aliphatic rings. The van der Waals surface area contributed by atoms with Gasteiger partial charge in [0.05, 0.1) is 6.61 Å². The van der Waals surface area contributed by atoms with Crippen LogP contribution in [0.15, 0.2) is 53.0 Å². The number of nitrogens with zero attached hydrogens (tertiary/aromatic N) is 1. The van der Waals surface area contributed by atoms with E-state index in [1.165, 1.54) is 11.1 Å². The molecule has 0 saturated heterocycles. The van der Waals surface area contributed by atoms with E-state index in [-0.39, 0.29) is 6.61 Å². The van der Waals surface area contributed by atoms with Crippen molar-refractivity contribution in [1.82, 2.24) is 4.90 Å². The van der Waals surface area contributed by atoms with Crippen molar-refractivity contribution in [3.05, 3.63) is 69.7 Å². The standard InChI is InChI=1S/C16H18BrNO/c1-18(11-14-6-8-16(17)9-7-14)10-13-2-4-15(12-19)5-3-13/h2-9,19H,10-12H2,1H3. The zero-order valence-electron chi connectivity index (χ0n) is 11.0. The fourth-order valence-electron chi connectivity index (χ4n) is 2.02. The molecule has 0 fully saturated rings. The van der Waals surface area contributed by atoms with E-state index >= 15 is 0 Å². The fraction of sp³-hybridized carbons (Fsp3) is 0.250. The third-order valence-corrected chi connectivity index (χ3v) is 3.55. The van der Waals surface area contributed by atoms with Crippen molar-refractivity contribution in [1.29, 1.82) is 0 Å². The van der Waals surface area contributed by atoms with Crippen LogP contribution in [0.1, 0.15) is 16.7 Å². The molecule has 1 N–H and O–H groups in total. The normalized spacial score (nSPS) is 10.9. The molecular weight excluding hydrogens is 302 g/mol. The Morgan fingerprint density at radius 3 is 1.74 bits per heavy atom. The van der Waals surface area contributed by atoms with E-state index in [4.69, 9.17) is 5.11 Å². The average Bonchev–Trinajstić information content (AvgIpc) is 2.42. The van der Waals surface area contributed by atoms with E-state index in [0.717, 1.165) is 23.1 Å². The molecule has 0 bridgehead atoms. The molecule has 2 aromatic carbocycles. The average molecular weight is 320 g/mol. The second-order valence-electron chi connectivity index (χ2n) is 4.77. The van der Waals surface area contributed by atoms with E-state index < -0.39 is 0 Å². The Morgan fingerprint density at radius 2 is 1.26 bits per heavy atom. The van der Waals surface area contributed by atoms with Crippen LogP contribution in [0.3, 0.4) is 0 Å².